The molecule has 1 rings (SSSR count). The Labute approximate surface area is 96.8 Å². The van der Waals surface area contributed by atoms with Crippen molar-refractivity contribution in [1.29, 1.82) is 0 Å². The van der Waals surface area contributed by atoms with Gasteiger partial charge in [0.1, 0.15) is 11.9 Å². The fraction of sp³-hybridized carbons (Fsp3) is 0.400. The molecule has 0 aliphatic carbocycles. The fourth-order valence-electron chi connectivity index (χ4n) is 1.21. The van der Waals surface area contributed by atoms with Gasteiger partial charge in [0.05, 0.1) is 5.83 Å². The lowest BCUT2D eigenvalue weighted by Crippen LogP contribution is -2.34. The van der Waals surface area contributed by atoms with Crippen LogP contribution in [0.1, 0.15) is 20.1 Å². The maximum absolute atomic E-state index is 12.9. The number of rotatable bonds is 3. The average molecular weight is 243 g/mol. The Kier molecular flexibility index (Phi) is 3.97. The normalized spacial score (nSPS) is 16.3. The SMILES string of the molecule is C/C(F)=C(/C)[C@@H](O)[C@@H](O)n1ccc(N)nc1=O. The zero-order chi connectivity index (χ0) is 13.2. The molecule has 0 unspecified atom stereocenters. The molecular formula is C10H14FN3O3. The van der Waals surface area contributed by atoms with Gasteiger partial charge in [-0.2, -0.15) is 4.98 Å². The molecule has 0 spiro atoms. The summed E-state index contributed by atoms with van der Waals surface area (Å²) in [6.45, 7) is 2.47. The largest absolute Gasteiger partial charge is 0.384 e. The summed E-state index contributed by atoms with van der Waals surface area (Å²) >= 11 is 0. The van der Waals surface area contributed by atoms with Gasteiger partial charge in [0.15, 0.2) is 6.23 Å². The molecule has 1 aromatic heterocycles. The van der Waals surface area contributed by atoms with Crippen LogP contribution in [0.5, 0.6) is 0 Å². The number of nitrogens with two attached hydrogens (primary N) is 1. The number of hydrogen-bond acceptors (Lipinski definition) is 5. The maximum atomic E-state index is 12.9. The van der Waals surface area contributed by atoms with E-state index in [4.69, 9.17) is 5.73 Å². The van der Waals surface area contributed by atoms with E-state index in [1.54, 1.807) is 0 Å². The van der Waals surface area contributed by atoms with Crippen LogP contribution in [0.25, 0.3) is 0 Å². The summed E-state index contributed by atoms with van der Waals surface area (Å²) in [6, 6.07) is 1.29. The van der Waals surface area contributed by atoms with Crippen molar-refractivity contribution in [2.75, 3.05) is 5.73 Å². The molecule has 0 bridgehead atoms. The molecule has 0 fully saturated rings. The molecule has 0 saturated carbocycles. The number of hydrogen-bond donors (Lipinski definition) is 3. The molecular weight excluding hydrogens is 229 g/mol. The van der Waals surface area contributed by atoms with Crippen LogP contribution in [0.2, 0.25) is 0 Å². The first-order valence-electron chi connectivity index (χ1n) is 4.88. The highest BCUT2D eigenvalue weighted by atomic mass is 19.1. The molecule has 94 valence electrons. The van der Waals surface area contributed by atoms with Gasteiger partial charge in [0, 0.05) is 6.20 Å². The molecule has 7 heteroatoms. The van der Waals surface area contributed by atoms with E-state index in [9.17, 15) is 19.4 Å². The summed E-state index contributed by atoms with van der Waals surface area (Å²) in [5.41, 5.74) is 4.40. The number of aromatic nitrogens is 2. The van der Waals surface area contributed by atoms with E-state index in [1.807, 2.05) is 0 Å². The van der Waals surface area contributed by atoms with E-state index in [1.165, 1.54) is 19.2 Å². The van der Waals surface area contributed by atoms with Crippen LogP contribution in [0.3, 0.4) is 0 Å². The Balaban J connectivity index is 3.09. The lowest BCUT2D eigenvalue weighted by molar-refractivity contribution is -0.0126. The van der Waals surface area contributed by atoms with Crippen molar-refractivity contribution in [3.63, 3.8) is 0 Å². The first-order valence-corrected chi connectivity index (χ1v) is 4.88. The number of aliphatic hydroxyl groups is 2. The molecule has 0 aromatic carbocycles. The molecule has 0 radical (unpaired) electrons. The average Bonchev–Trinajstić information content (AvgIpc) is 2.26. The van der Waals surface area contributed by atoms with Crippen molar-refractivity contribution in [1.82, 2.24) is 9.55 Å². The molecule has 2 atom stereocenters. The quantitative estimate of drug-likeness (QED) is 0.690. The smallest absolute Gasteiger partial charge is 0.351 e. The number of nitrogens with zero attached hydrogens (tertiary/aromatic N) is 2. The van der Waals surface area contributed by atoms with Crippen molar-refractivity contribution < 1.29 is 14.6 Å². The van der Waals surface area contributed by atoms with E-state index in [-0.39, 0.29) is 11.4 Å². The standard InChI is InChI=1S/C10H14FN3O3/c1-5(6(2)11)8(15)9(16)14-4-3-7(12)13-10(14)17/h3-4,8-9,15-16H,1-2H3,(H2,12,13,17)/b6-5+/t8-,9-/m1/s1. The van der Waals surface area contributed by atoms with E-state index < -0.39 is 23.8 Å². The first-order chi connectivity index (χ1) is 7.84. The van der Waals surface area contributed by atoms with Gasteiger partial charge in [0.25, 0.3) is 0 Å². The molecule has 1 heterocycles. The van der Waals surface area contributed by atoms with Crippen LogP contribution in [0.4, 0.5) is 10.2 Å². The summed E-state index contributed by atoms with van der Waals surface area (Å²) in [5, 5.41) is 19.3. The predicted octanol–water partition coefficient (Wildman–Crippen LogP) is -0.0593. The van der Waals surface area contributed by atoms with Gasteiger partial charge in [-0.05, 0) is 25.5 Å². The number of aliphatic hydroxyl groups excluding tert-OH is 2. The van der Waals surface area contributed by atoms with Gasteiger partial charge in [0.2, 0.25) is 0 Å². The monoisotopic (exact) mass is 243 g/mol. The van der Waals surface area contributed by atoms with E-state index in [2.05, 4.69) is 4.98 Å². The van der Waals surface area contributed by atoms with E-state index in [0.717, 1.165) is 11.5 Å². The summed E-state index contributed by atoms with van der Waals surface area (Å²) < 4.78 is 13.6. The zero-order valence-electron chi connectivity index (χ0n) is 9.46. The summed E-state index contributed by atoms with van der Waals surface area (Å²) in [4.78, 5) is 14.8. The van der Waals surface area contributed by atoms with Gasteiger partial charge < -0.3 is 15.9 Å². The van der Waals surface area contributed by atoms with E-state index >= 15 is 0 Å². The van der Waals surface area contributed by atoms with Crippen LogP contribution in [0, 0.1) is 0 Å². The van der Waals surface area contributed by atoms with Crippen molar-refractivity contribution in [2.45, 2.75) is 26.2 Å². The van der Waals surface area contributed by atoms with E-state index in [0.29, 0.717) is 0 Å². The first kappa shape index (κ1) is 13.3. The Morgan fingerprint density at radius 1 is 1.53 bits per heavy atom. The number of halogens is 1. The molecule has 17 heavy (non-hydrogen) atoms. The highest BCUT2D eigenvalue weighted by molar-refractivity contribution is 5.23. The van der Waals surface area contributed by atoms with Gasteiger partial charge >= 0.3 is 5.69 Å². The van der Waals surface area contributed by atoms with Crippen LogP contribution < -0.4 is 11.4 Å². The minimum Gasteiger partial charge on any atom is -0.384 e. The van der Waals surface area contributed by atoms with Crippen molar-refractivity contribution in [3.8, 4) is 0 Å². The maximum Gasteiger partial charge on any atom is 0.351 e. The summed E-state index contributed by atoms with van der Waals surface area (Å²) in [6.07, 6.45) is -1.95. The Morgan fingerprint density at radius 2 is 2.12 bits per heavy atom. The third-order valence-electron chi connectivity index (χ3n) is 2.41. The fourth-order valence-corrected chi connectivity index (χ4v) is 1.21. The predicted molar refractivity (Wildman–Crippen MR) is 59.7 cm³/mol. The minimum atomic E-state index is -1.61. The van der Waals surface area contributed by atoms with Crippen molar-refractivity contribution >= 4 is 5.82 Å². The second kappa shape index (κ2) is 5.07. The highest BCUT2D eigenvalue weighted by Crippen LogP contribution is 2.17. The lowest BCUT2D eigenvalue weighted by atomic mass is 10.1. The number of anilines is 1. The van der Waals surface area contributed by atoms with Crippen LogP contribution in [0.15, 0.2) is 28.5 Å². The molecule has 0 aliphatic heterocycles. The van der Waals surface area contributed by atoms with Crippen molar-refractivity contribution in [3.05, 3.63) is 34.1 Å². The second-order valence-corrected chi connectivity index (χ2v) is 3.62. The molecule has 0 aliphatic rings. The van der Waals surface area contributed by atoms with Crippen LogP contribution in [-0.4, -0.2) is 25.9 Å². The van der Waals surface area contributed by atoms with Crippen molar-refractivity contribution in [2.24, 2.45) is 0 Å². The summed E-state index contributed by atoms with van der Waals surface area (Å²) in [5.74, 6) is -0.616. The second-order valence-electron chi connectivity index (χ2n) is 3.62. The lowest BCUT2D eigenvalue weighted by Gasteiger charge is -2.20. The Morgan fingerprint density at radius 3 is 2.59 bits per heavy atom. The van der Waals surface area contributed by atoms with Crippen LogP contribution >= 0.6 is 0 Å². The molecule has 4 N–H and O–H groups in total. The molecule has 1 aromatic rings. The third-order valence-corrected chi connectivity index (χ3v) is 2.41. The minimum absolute atomic E-state index is 0.00174. The third kappa shape index (κ3) is 2.89. The summed E-state index contributed by atoms with van der Waals surface area (Å²) in [7, 11) is 0. The number of nitrogen functional groups attached to an aromatic ring is 1. The topological polar surface area (TPSA) is 101 Å². The Hall–Kier alpha value is -1.73. The van der Waals surface area contributed by atoms with Gasteiger partial charge in [-0.15, -0.1) is 0 Å². The van der Waals surface area contributed by atoms with Crippen LogP contribution in [-0.2, 0) is 0 Å². The zero-order valence-corrected chi connectivity index (χ0v) is 9.46. The molecule has 6 nitrogen and oxygen atoms in total. The molecule has 0 amide bonds. The number of allylic oxidation sites excluding steroid dienone is 1. The van der Waals surface area contributed by atoms with Gasteiger partial charge in [-0.3, -0.25) is 4.57 Å². The Bertz CT molecular complexity index is 494. The van der Waals surface area contributed by atoms with Gasteiger partial charge in [-0.25, -0.2) is 9.18 Å². The van der Waals surface area contributed by atoms with Gasteiger partial charge in [-0.1, -0.05) is 0 Å². The highest BCUT2D eigenvalue weighted by Gasteiger charge is 2.22. The molecule has 0 saturated heterocycles.